The maximum absolute atomic E-state index is 12.2. The fourth-order valence-corrected chi connectivity index (χ4v) is 3.13. The van der Waals surface area contributed by atoms with Crippen LogP contribution >= 0.6 is 15.9 Å². The van der Waals surface area contributed by atoms with Crippen molar-refractivity contribution in [2.75, 3.05) is 22.5 Å². The Morgan fingerprint density at radius 1 is 1.26 bits per heavy atom. The third-order valence-electron chi connectivity index (χ3n) is 3.63. The lowest BCUT2D eigenvalue weighted by atomic mass is 10.1. The molecule has 0 spiro atoms. The highest BCUT2D eigenvalue weighted by Crippen LogP contribution is 2.35. The molecule has 0 aliphatic carbocycles. The van der Waals surface area contributed by atoms with Crippen molar-refractivity contribution in [2.45, 2.75) is 6.42 Å². The van der Waals surface area contributed by atoms with Crippen LogP contribution in [0, 0.1) is 5.92 Å². The molecule has 2 aromatic rings. The van der Waals surface area contributed by atoms with E-state index in [1.807, 2.05) is 41.3 Å². The zero-order valence-corrected chi connectivity index (χ0v) is 12.1. The number of hydrogen-bond donors (Lipinski definition) is 1. The molecule has 98 valence electrons. The van der Waals surface area contributed by atoms with E-state index in [1.165, 1.54) is 0 Å². The monoisotopic (exact) mass is 318 g/mol. The van der Waals surface area contributed by atoms with Gasteiger partial charge < -0.3 is 10.6 Å². The predicted molar refractivity (Wildman–Crippen MR) is 82.6 cm³/mol. The van der Waals surface area contributed by atoms with Gasteiger partial charge in [0.05, 0.1) is 5.69 Å². The molecule has 1 aliphatic heterocycles. The summed E-state index contributed by atoms with van der Waals surface area (Å²) in [6.07, 6.45) is 0.606. The summed E-state index contributed by atoms with van der Waals surface area (Å²) in [4.78, 5) is 14.0. The molecule has 1 amide bonds. The molecule has 0 saturated carbocycles. The van der Waals surface area contributed by atoms with Crippen LogP contribution in [0.3, 0.4) is 0 Å². The van der Waals surface area contributed by atoms with Gasteiger partial charge in [0.15, 0.2) is 0 Å². The fraction of sp³-hybridized carbons (Fsp3) is 0.267. The zero-order valence-electron chi connectivity index (χ0n) is 10.5. The number of nitrogens with two attached hydrogens (primary N) is 1. The highest BCUT2D eigenvalue weighted by atomic mass is 79.9. The molecule has 0 radical (unpaired) electrons. The van der Waals surface area contributed by atoms with Gasteiger partial charge in [0, 0.05) is 29.4 Å². The number of nitrogens with zero attached hydrogens (tertiary/aromatic N) is 1. The summed E-state index contributed by atoms with van der Waals surface area (Å²) in [5, 5.41) is 2.91. The molecule has 3 nitrogen and oxygen atoms in total. The third-order valence-corrected chi connectivity index (χ3v) is 4.54. The number of anilines is 2. The minimum Gasteiger partial charge on any atom is -0.398 e. The molecule has 1 atom stereocenters. The summed E-state index contributed by atoms with van der Waals surface area (Å²) in [6, 6.07) is 11.8. The van der Waals surface area contributed by atoms with Crippen molar-refractivity contribution in [1.29, 1.82) is 0 Å². The van der Waals surface area contributed by atoms with E-state index in [4.69, 9.17) is 5.73 Å². The Morgan fingerprint density at radius 3 is 2.68 bits per heavy atom. The van der Waals surface area contributed by atoms with Gasteiger partial charge in [0.1, 0.15) is 0 Å². The molecule has 3 rings (SSSR count). The lowest BCUT2D eigenvalue weighted by Crippen LogP contribution is -2.25. The second kappa shape index (κ2) is 4.85. The minimum atomic E-state index is 0.181. The van der Waals surface area contributed by atoms with Crippen LogP contribution in [0.25, 0.3) is 10.8 Å². The van der Waals surface area contributed by atoms with E-state index in [0.29, 0.717) is 12.3 Å². The molecule has 1 saturated heterocycles. The first-order valence-corrected chi connectivity index (χ1v) is 7.46. The summed E-state index contributed by atoms with van der Waals surface area (Å²) in [5.74, 6) is 0.563. The lowest BCUT2D eigenvalue weighted by Gasteiger charge is -2.19. The molecule has 2 N–H and O–H groups in total. The number of fused-ring (bicyclic) bond motifs is 1. The highest BCUT2D eigenvalue weighted by molar-refractivity contribution is 9.09. The smallest absolute Gasteiger partial charge is 0.227 e. The molecular weight excluding hydrogens is 304 g/mol. The Hall–Kier alpha value is -1.55. The van der Waals surface area contributed by atoms with Gasteiger partial charge in [-0.25, -0.2) is 0 Å². The van der Waals surface area contributed by atoms with Crippen LogP contribution in [0.15, 0.2) is 36.4 Å². The van der Waals surface area contributed by atoms with Crippen LogP contribution in [0.4, 0.5) is 11.4 Å². The van der Waals surface area contributed by atoms with Gasteiger partial charge in [0.2, 0.25) is 5.91 Å². The Kier molecular flexibility index (Phi) is 3.19. The molecule has 1 heterocycles. The number of nitrogen functional groups attached to an aromatic ring is 1. The van der Waals surface area contributed by atoms with Gasteiger partial charge in [-0.3, -0.25) is 4.79 Å². The van der Waals surface area contributed by atoms with Crippen molar-refractivity contribution in [2.24, 2.45) is 5.92 Å². The average molecular weight is 319 g/mol. The zero-order chi connectivity index (χ0) is 13.4. The summed E-state index contributed by atoms with van der Waals surface area (Å²) in [7, 11) is 0. The average Bonchev–Trinajstić information content (AvgIpc) is 2.80. The maximum atomic E-state index is 12.2. The second-order valence-corrected chi connectivity index (χ2v) is 5.60. The summed E-state index contributed by atoms with van der Waals surface area (Å²) in [5.41, 5.74) is 7.75. The second-order valence-electron chi connectivity index (χ2n) is 4.95. The molecule has 0 bridgehead atoms. The molecule has 2 aromatic carbocycles. The van der Waals surface area contributed by atoms with Gasteiger partial charge in [-0.1, -0.05) is 40.2 Å². The highest BCUT2D eigenvalue weighted by Gasteiger charge is 2.30. The van der Waals surface area contributed by atoms with E-state index in [2.05, 4.69) is 15.9 Å². The van der Waals surface area contributed by atoms with E-state index in [0.717, 1.165) is 34.0 Å². The fourth-order valence-electron chi connectivity index (χ4n) is 2.69. The van der Waals surface area contributed by atoms with E-state index < -0.39 is 0 Å². The van der Waals surface area contributed by atoms with Crippen molar-refractivity contribution in [3.63, 3.8) is 0 Å². The van der Waals surface area contributed by atoms with Crippen molar-refractivity contribution in [1.82, 2.24) is 0 Å². The third kappa shape index (κ3) is 2.10. The predicted octanol–water partition coefficient (Wildman–Crippen LogP) is 3.17. The van der Waals surface area contributed by atoms with E-state index >= 15 is 0 Å². The van der Waals surface area contributed by atoms with Gasteiger partial charge in [-0.05, 0) is 23.4 Å². The van der Waals surface area contributed by atoms with Crippen molar-refractivity contribution >= 4 is 44.0 Å². The number of carbonyl (C=O) groups excluding carboxylic acids is 1. The number of halogens is 1. The van der Waals surface area contributed by atoms with Crippen LogP contribution in [0.5, 0.6) is 0 Å². The topological polar surface area (TPSA) is 46.3 Å². The van der Waals surface area contributed by atoms with Crippen molar-refractivity contribution < 1.29 is 4.79 Å². The van der Waals surface area contributed by atoms with Crippen LogP contribution in [0.1, 0.15) is 6.42 Å². The van der Waals surface area contributed by atoms with Gasteiger partial charge in [-0.15, -0.1) is 0 Å². The largest absolute Gasteiger partial charge is 0.398 e. The lowest BCUT2D eigenvalue weighted by molar-refractivity contribution is -0.117. The number of hydrogen-bond acceptors (Lipinski definition) is 2. The first kappa shape index (κ1) is 12.5. The number of rotatable bonds is 2. The van der Waals surface area contributed by atoms with E-state index in [1.54, 1.807) is 0 Å². The first-order valence-electron chi connectivity index (χ1n) is 6.34. The van der Waals surface area contributed by atoms with Gasteiger partial charge in [0.25, 0.3) is 0 Å². The van der Waals surface area contributed by atoms with Crippen molar-refractivity contribution in [3.05, 3.63) is 36.4 Å². The molecule has 1 aliphatic rings. The van der Waals surface area contributed by atoms with E-state index in [-0.39, 0.29) is 5.91 Å². The summed E-state index contributed by atoms with van der Waals surface area (Å²) in [6.45, 7) is 0.761. The Morgan fingerprint density at radius 2 is 2.00 bits per heavy atom. The Balaban J connectivity index is 2.13. The molecule has 19 heavy (non-hydrogen) atoms. The number of benzene rings is 2. The standard InChI is InChI=1S/C15H15BrN2O/c16-8-10-7-14(19)18(9-10)13-6-2-4-11-3-1-5-12(17)15(11)13/h1-6,10H,7-9,17H2. The number of alkyl halides is 1. The van der Waals surface area contributed by atoms with Crippen LogP contribution < -0.4 is 10.6 Å². The van der Waals surface area contributed by atoms with Crippen LogP contribution in [0.2, 0.25) is 0 Å². The molecule has 0 aromatic heterocycles. The molecule has 4 heteroatoms. The molecular formula is C15H15BrN2O. The van der Waals surface area contributed by atoms with Crippen LogP contribution in [-0.2, 0) is 4.79 Å². The maximum Gasteiger partial charge on any atom is 0.227 e. The number of amides is 1. The van der Waals surface area contributed by atoms with Crippen molar-refractivity contribution in [3.8, 4) is 0 Å². The van der Waals surface area contributed by atoms with Gasteiger partial charge >= 0.3 is 0 Å². The first-order chi connectivity index (χ1) is 9.20. The summed E-state index contributed by atoms with van der Waals surface area (Å²) >= 11 is 3.46. The number of carbonyl (C=O) groups is 1. The Bertz CT molecular complexity index is 636. The quantitative estimate of drug-likeness (QED) is 0.683. The Labute approximate surface area is 120 Å². The van der Waals surface area contributed by atoms with Gasteiger partial charge in [-0.2, -0.15) is 0 Å². The molecule has 1 unspecified atom stereocenters. The van der Waals surface area contributed by atoms with Crippen LogP contribution in [-0.4, -0.2) is 17.8 Å². The summed E-state index contributed by atoms with van der Waals surface area (Å²) < 4.78 is 0. The minimum absolute atomic E-state index is 0.181. The SMILES string of the molecule is Nc1cccc2cccc(N3CC(CBr)CC3=O)c12. The molecule has 1 fully saturated rings. The van der Waals surface area contributed by atoms with E-state index in [9.17, 15) is 4.79 Å². The normalized spacial score (nSPS) is 19.3.